The molecule has 0 radical (unpaired) electrons. The highest BCUT2D eigenvalue weighted by atomic mass is 15.0. The SMILES string of the molecule is c1ccc(-c2c3ccc(-n4c5ccccc5c5ccccc54)cc3c(-c3ccc4ccccc4c3)c3ccc(-n4c5ccccc5c5ccccc54)cc23)c(-c2ccc3ccccc3c2)c1. The third kappa shape index (κ3) is 5.49. The van der Waals surface area contributed by atoms with Crippen molar-refractivity contribution in [2.75, 3.05) is 0 Å². The van der Waals surface area contributed by atoms with Crippen LogP contribution in [0.15, 0.2) is 243 Å². The highest BCUT2D eigenvalue weighted by molar-refractivity contribution is 6.24. The maximum atomic E-state index is 2.46. The number of benzene rings is 12. The van der Waals surface area contributed by atoms with Gasteiger partial charge in [0.1, 0.15) is 0 Å². The summed E-state index contributed by atoms with van der Waals surface area (Å²) in [7, 11) is 0. The quantitative estimate of drug-likeness (QED) is 0.153. The number of hydrogen-bond donors (Lipinski definition) is 0. The van der Waals surface area contributed by atoms with Gasteiger partial charge in [0.05, 0.1) is 22.1 Å². The maximum absolute atomic E-state index is 2.46. The molecule has 66 heavy (non-hydrogen) atoms. The van der Waals surface area contributed by atoms with Crippen molar-refractivity contribution in [1.82, 2.24) is 9.13 Å². The van der Waals surface area contributed by atoms with Crippen LogP contribution in [0.25, 0.3) is 131 Å². The fourth-order valence-electron chi connectivity index (χ4n) is 11.1. The summed E-state index contributed by atoms with van der Waals surface area (Å²) in [5.41, 5.74) is 14.3. The molecule has 0 N–H and O–H groups in total. The highest BCUT2D eigenvalue weighted by Gasteiger charge is 2.23. The molecule has 0 aliphatic carbocycles. The lowest BCUT2D eigenvalue weighted by Gasteiger charge is -2.22. The van der Waals surface area contributed by atoms with E-state index in [1.807, 2.05) is 0 Å². The van der Waals surface area contributed by atoms with Crippen LogP contribution >= 0.6 is 0 Å². The van der Waals surface area contributed by atoms with Crippen LogP contribution in [0, 0.1) is 0 Å². The van der Waals surface area contributed by atoms with Crippen molar-refractivity contribution in [3.05, 3.63) is 243 Å². The van der Waals surface area contributed by atoms with Gasteiger partial charge in [-0.3, -0.25) is 0 Å². The first-order valence-corrected chi connectivity index (χ1v) is 22.8. The summed E-state index contributed by atoms with van der Waals surface area (Å²) in [5.74, 6) is 0. The Balaban J connectivity index is 1.15. The molecule has 2 heterocycles. The molecule has 0 aliphatic rings. The van der Waals surface area contributed by atoms with Crippen molar-refractivity contribution < 1.29 is 0 Å². The van der Waals surface area contributed by atoms with Crippen molar-refractivity contribution in [1.29, 1.82) is 0 Å². The molecule has 306 valence electrons. The van der Waals surface area contributed by atoms with E-state index in [2.05, 4.69) is 252 Å². The van der Waals surface area contributed by atoms with Gasteiger partial charge < -0.3 is 9.13 Å². The Bertz CT molecular complexity index is 4190. The monoisotopic (exact) mass is 836 g/mol. The van der Waals surface area contributed by atoms with E-state index >= 15 is 0 Å². The smallest absolute Gasteiger partial charge is 0.0541 e. The Hall–Kier alpha value is -8.72. The highest BCUT2D eigenvalue weighted by Crippen LogP contribution is 2.49. The molecule has 0 saturated carbocycles. The number of fused-ring (bicyclic) bond motifs is 10. The Kier molecular flexibility index (Phi) is 8.02. The molecule has 0 spiro atoms. The predicted octanol–water partition coefficient (Wildman–Crippen LogP) is 17.5. The molecule has 0 aliphatic heterocycles. The molecule has 2 heteroatoms. The molecule has 0 bridgehead atoms. The van der Waals surface area contributed by atoms with Crippen LogP contribution in [0.5, 0.6) is 0 Å². The van der Waals surface area contributed by atoms with Crippen LogP contribution in [0.3, 0.4) is 0 Å². The average Bonchev–Trinajstić information content (AvgIpc) is 3.90. The van der Waals surface area contributed by atoms with Gasteiger partial charge in [0.15, 0.2) is 0 Å². The summed E-state index contributed by atoms with van der Waals surface area (Å²) < 4.78 is 4.90. The van der Waals surface area contributed by atoms with E-state index in [0.717, 1.165) is 11.4 Å². The minimum absolute atomic E-state index is 1.13. The Labute approximate surface area is 381 Å². The first-order chi connectivity index (χ1) is 32.7. The van der Waals surface area contributed by atoms with Crippen LogP contribution in [-0.2, 0) is 0 Å². The number of para-hydroxylation sites is 4. The average molecular weight is 837 g/mol. The maximum Gasteiger partial charge on any atom is 0.0541 e. The second-order valence-electron chi connectivity index (χ2n) is 17.6. The molecule has 0 saturated heterocycles. The van der Waals surface area contributed by atoms with Gasteiger partial charge in [-0.15, -0.1) is 0 Å². The van der Waals surface area contributed by atoms with E-state index in [4.69, 9.17) is 0 Å². The van der Waals surface area contributed by atoms with Gasteiger partial charge in [-0.25, -0.2) is 0 Å². The van der Waals surface area contributed by atoms with E-state index in [-0.39, 0.29) is 0 Å². The molecule has 14 aromatic rings. The Morgan fingerprint density at radius 2 is 0.591 bits per heavy atom. The van der Waals surface area contributed by atoms with Gasteiger partial charge in [-0.2, -0.15) is 0 Å². The van der Waals surface area contributed by atoms with Crippen molar-refractivity contribution in [2.24, 2.45) is 0 Å². The second kappa shape index (κ2) is 14.4. The lowest BCUT2D eigenvalue weighted by atomic mass is 9.83. The van der Waals surface area contributed by atoms with Gasteiger partial charge in [-0.05, 0) is 137 Å². The molecule has 2 aromatic heterocycles. The third-order valence-electron chi connectivity index (χ3n) is 14.1. The summed E-state index contributed by atoms with van der Waals surface area (Å²) in [6, 6.07) is 90.0. The zero-order chi connectivity index (χ0) is 43.3. The molecule has 0 atom stereocenters. The molecule has 12 aromatic carbocycles. The Morgan fingerprint density at radius 1 is 0.212 bits per heavy atom. The minimum Gasteiger partial charge on any atom is -0.309 e. The van der Waals surface area contributed by atoms with Gasteiger partial charge >= 0.3 is 0 Å². The largest absolute Gasteiger partial charge is 0.309 e. The van der Waals surface area contributed by atoms with Gasteiger partial charge in [-0.1, -0.05) is 182 Å². The molecule has 0 unspecified atom stereocenters. The second-order valence-corrected chi connectivity index (χ2v) is 17.6. The third-order valence-corrected chi connectivity index (χ3v) is 14.1. The lowest BCUT2D eigenvalue weighted by Crippen LogP contribution is -1.98. The van der Waals surface area contributed by atoms with Crippen LogP contribution in [-0.4, -0.2) is 9.13 Å². The van der Waals surface area contributed by atoms with E-state index in [1.54, 1.807) is 0 Å². The van der Waals surface area contributed by atoms with Crippen molar-refractivity contribution in [3.8, 4) is 44.8 Å². The molecular formula is C64H40N2. The van der Waals surface area contributed by atoms with Gasteiger partial charge in [0.25, 0.3) is 0 Å². The number of nitrogens with zero attached hydrogens (tertiary/aromatic N) is 2. The number of hydrogen-bond acceptors (Lipinski definition) is 0. The van der Waals surface area contributed by atoms with Crippen molar-refractivity contribution in [2.45, 2.75) is 0 Å². The number of aromatic nitrogens is 2. The van der Waals surface area contributed by atoms with Crippen LogP contribution in [0.4, 0.5) is 0 Å². The molecule has 2 nitrogen and oxygen atoms in total. The topological polar surface area (TPSA) is 9.86 Å². The zero-order valence-electron chi connectivity index (χ0n) is 36.0. The van der Waals surface area contributed by atoms with Gasteiger partial charge in [0, 0.05) is 32.9 Å². The summed E-state index contributed by atoms with van der Waals surface area (Å²) in [4.78, 5) is 0. The summed E-state index contributed by atoms with van der Waals surface area (Å²) >= 11 is 0. The molecule has 0 amide bonds. The number of rotatable bonds is 5. The standard InChI is InChI=1S/C64H40N2/c1-3-17-43-37-45(31-29-41(43)15-1)49-19-5-6-24-54(49)64-56-36-34-47(65-59-25-11-7-20-50(59)51-21-8-12-26-60(51)65)39-57(56)63(46-32-30-42-16-2-4-18-44(42)38-46)55-35-33-48(40-58(55)64)66-61-27-13-9-22-52(61)53-23-10-14-28-62(53)66/h1-40H. The summed E-state index contributed by atoms with van der Waals surface area (Å²) in [5, 5.41) is 14.8. The van der Waals surface area contributed by atoms with Crippen LogP contribution in [0.1, 0.15) is 0 Å². The van der Waals surface area contributed by atoms with E-state index in [9.17, 15) is 0 Å². The predicted molar refractivity (Wildman–Crippen MR) is 281 cm³/mol. The van der Waals surface area contributed by atoms with Gasteiger partial charge in [0.2, 0.25) is 0 Å². The summed E-state index contributed by atoms with van der Waals surface area (Å²) in [6.45, 7) is 0. The molecular weight excluding hydrogens is 797 g/mol. The van der Waals surface area contributed by atoms with Crippen molar-refractivity contribution in [3.63, 3.8) is 0 Å². The van der Waals surface area contributed by atoms with Crippen LogP contribution < -0.4 is 0 Å². The summed E-state index contributed by atoms with van der Waals surface area (Å²) in [6.07, 6.45) is 0. The first kappa shape index (κ1) is 36.7. The van der Waals surface area contributed by atoms with E-state index in [1.165, 1.54) is 120 Å². The fourth-order valence-corrected chi connectivity index (χ4v) is 11.1. The van der Waals surface area contributed by atoms with Crippen LogP contribution in [0.2, 0.25) is 0 Å². The van der Waals surface area contributed by atoms with E-state index < -0.39 is 0 Å². The minimum atomic E-state index is 1.13. The Morgan fingerprint density at radius 3 is 1.11 bits per heavy atom. The van der Waals surface area contributed by atoms with E-state index in [0.29, 0.717) is 0 Å². The lowest BCUT2D eigenvalue weighted by molar-refractivity contribution is 1.18. The first-order valence-electron chi connectivity index (χ1n) is 22.8. The zero-order valence-corrected chi connectivity index (χ0v) is 36.0. The van der Waals surface area contributed by atoms with Crippen molar-refractivity contribution >= 4 is 86.7 Å². The normalized spacial score (nSPS) is 11.9. The molecule has 0 fully saturated rings. The fraction of sp³-hybridized carbons (Fsp3) is 0. The molecule has 14 rings (SSSR count).